The molecule has 44 heavy (non-hydrogen) atoms. The number of benzene rings is 2. The van der Waals surface area contributed by atoms with E-state index >= 15 is 0 Å². The first kappa shape index (κ1) is 29.4. The predicted octanol–water partition coefficient (Wildman–Crippen LogP) is 4.81. The van der Waals surface area contributed by atoms with Crippen molar-refractivity contribution in [1.82, 2.24) is 29.4 Å². The van der Waals surface area contributed by atoms with Gasteiger partial charge in [0.05, 0.1) is 28.8 Å². The molecule has 15 heteroatoms. The number of ether oxygens (including phenoxy) is 1. The summed E-state index contributed by atoms with van der Waals surface area (Å²) >= 11 is 0. The van der Waals surface area contributed by atoms with E-state index in [9.17, 15) is 21.6 Å². The molecule has 3 aromatic heterocycles. The molecular weight excluding hydrogens is 597 g/mol. The smallest absolute Gasteiger partial charge is 0.355 e. The average molecular weight is 627 g/mol. The summed E-state index contributed by atoms with van der Waals surface area (Å²) in [5.41, 5.74) is 9.94. The van der Waals surface area contributed by atoms with E-state index < -0.39 is 27.7 Å². The molecule has 1 saturated heterocycles. The van der Waals surface area contributed by atoms with Crippen LogP contribution in [0, 0.1) is 5.82 Å². The summed E-state index contributed by atoms with van der Waals surface area (Å²) < 4.78 is 75.7. The van der Waals surface area contributed by atoms with Crippen LogP contribution >= 0.6 is 0 Å². The summed E-state index contributed by atoms with van der Waals surface area (Å²) in [6.45, 7) is 3.47. The van der Waals surface area contributed by atoms with Crippen LogP contribution in [0.1, 0.15) is 24.6 Å². The SMILES string of the molecule is C[C@H](Oc1cc(-c2nn(C)c3c(-c4cnn(C5CN(C)C5)c4)cnc(N)c23)ccc1NS(=O)(=O)C(F)F)c1ccc(F)cc1. The van der Waals surface area contributed by atoms with Gasteiger partial charge in [-0.1, -0.05) is 18.2 Å². The van der Waals surface area contributed by atoms with E-state index in [4.69, 9.17) is 15.6 Å². The molecule has 0 saturated carbocycles. The number of likely N-dealkylation sites (tertiary alicyclic amines) is 1. The number of nitrogen functional groups attached to an aromatic ring is 1. The van der Waals surface area contributed by atoms with Crippen LogP contribution in [0.3, 0.4) is 0 Å². The van der Waals surface area contributed by atoms with Crippen molar-refractivity contribution in [3.63, 3.8) is 0 Å². The lowest BCUT2D eigenvalue weighted by Gasteiger charge is -2.36. The molecule has 2 aromatic carbocycles. The lowest BCUT2D eigenvalue weighted by Crippen LogP contribution is -2.45. The molecular formula is C29H29F3N8O3S. The topological polar surface area (TPSA) is 133 Å². The number of aryl methyl sites for hydroxylation is 1. The monoisotopic (exact) mass is 626 g/mol. The van der Waals surface area contributed by atoms with Crippen LogP contribution in [0.5, 0.6) is 5.75 Å². The minimum Gasteiger partial charge on any atom is -0.484 e. The summed E-state index contributed by atoms with van der Waals surface area (Å²) in [6, 6.07) is 10.2. The largest absolute Gasteiger partial charge is 0.484 e. The zero-order chi connectivity index (χ0) is 31.3. The Labute approximate surface area is 251 Å². The van der Waals surface area contributed by atoms with E-state index in [-0.39, 0.29) is 23.3 Å². The molecule has 0 bridgehead atoms. The van der Waals surface area contributed by atoms with Gasteiger partial charge in [-0.25, -0.2) is 17.8 Å². The van der Waals surface area contributed by atoms with Gasteiger partial charge in [0.15, 0.2) is 0 Å². The van der Waals surface area contributed by atoms with Crippen molar-refractivity contribution in [2.75, 3.05) is 30.6 Å². The molecule has 5 aromatic rings. The number of anilines is 2. The second-order valence-corrected chi connectivity index (χ2v) is 12.4. The highest BCUT2D eigenvalue weighted by molar-refractivity contribution is 7.93. The van der Waals surface area contributed by atoms with Gasteiger partial charge in [-0.15, -0.1) is 0 Å². The molecule has 11 nitrogen and oxygen atoms in total. The Bertz CT molecular complexity index is 1950. The van der Waals surface area contributed by atoms with Crippen LogP contribution in [0.2, 0.25) is 0 Å². The fourth-order valence-corrected chi connectivity index (χ4v) is 5.86. The minimum absolute atomic E-state index is 0.0446. The van der Waals surface area contributed by atoms with Crippen LogP contribution in [0.25, 0.3) is 33.3 Å². The number of likely N-dealkylation sites (N-methyl/N-ethyl adjacent to an activating group) is 1. The molecule has 3 N–H and O–H groups in total. The minimum atomic E-state index is -5.01. The predicted molar refractivity (Wildman–Crippen MR) is 160 cm³/mol. The number of rotatable bonds is 9. The van der Waals surface area contributed by atoms with Gasteiger partial charge < -0.3 is 15.4 Å². The number of sulfonamides is 1. The van der Waals surface area contributed by atoms with Crippen LogP contribution in [0.15, 0.2) is 61.1 Å². The van der Waals surface area contributed by atoms with Gasteiger partial charge in [-0.3, -0.25) is 14.1 Å². The quantitative estimate of drug-likeness (QED) is 0.238. The zero-order valence-electron chi connectivity index (χ0n) is 23.9. The number of fused-ring (bicyclic) bond motifs is 1. The molecule has 1 aliphatic rings. The molecule has 1 atom stereocenters. The fraction of sp³-hybridized carbons (Fsp3) is 0.276. The Morgan fingerprint density at radius 3 is 2.48 bits per heavy atom. The van der Waals surface area contributed by atoms with E-state index in [1.165, 1.54) is 42.5 Å². The maximum Gasteiger partial charge on any atom is 0.355 e. The Morgan fingerprint density at radius 2 is 1.80 bits per heavy atom. The average Bonchev–Trinajstić information content (AvgIpc) is 3.58. The molecule has 0 unspecified atom stereocenters. The van der Waals surface area contributed by atoms with Gasteiger partial charge in [0.2, 0.25) is 0 Å². The molecule has 0 spiro atoms. The van der Waals surface area contributed by atoms with Crippen molar-refractivity contribution in [1.29, 1.82) is 0 Å². The van der Waals surface area contributed by atoms with Gasteiger partial charge in [0, 0.05) is 49.2 Å². The van der Waals surface area contributed by atoms with E-state index in [2.05, 4.69) is 15.0 Å². The lowest BCUT2D eigenvalue weighted by atomic mass is 10.0. The fourth-order valence-electron chi connectivity index (χ4n) is 5.30. The number of halogens is 3. The van der Waals surface area contributed by atoms with Gasteiger partial charge in [-0.05, 0) is 43.8 Å². The summed E-state index contributed by atoms with van der Waals surface area (Å²) in [6.07, 6.45) is 4.69. The van der Waals surface area contributed by atoms with E-state index in [0.717, 1.165) is 24.2 Å². The summed E-state index contributed by atoms with van der Waals surface area (Å²) in [4.78, 5) is 6.63. The van der Waals surface area contributed by atoms with Crippen LogP contribution in [-0.4, -0.2) is 63.8 Å². The van der Waals surface area contributed by atoms with Gasteiger partial charge in [-0.2, -0.15) is 19.0 Å². The van der Waals surface area contributed by atoms with Crippen LogP contribution in [-0.2, 0) is 17.1 Å². The number of hydrogen-bond acceptors (Lipinski definition) is 8. The molecule has 1 aliphatic heterocycles. The molecule has 0 radical (unpaired) electrons. The number of pyridine rings is 1. The second kappa shape index (κ2) is 11.1. The highest BCUT2D eigenvalue weighted by Crippen LogP contribution is 2.40. The summed E-state index contributed by atoms with van der Waals surface area (Å²) in [5.74, 6) is -3.94. The number of hydrogen-bond donors (Lipinski definition) is 2. The summed E-state index contributed by atoms with van der Waals surface area (Å²) in [5, 5.41) is 9.80. The number of nitrogens with one attached hydrogen (secondary N) is 1. The van der Waals surface area contributed by atoms with Crippen LogP contribution in [0.4, 0.5) is 24.7 Å². The number of aromatic nitrogens is 5. The van der Waals surface area contributed by atoms with Gasteiger partial charge >= 0.3 is 5.76 Å². The summed E-state index contributed by atoms with van der Waals surface area (Å²) in [7, 11) is -1.20. The molecule has 230 valence electrons. The van der Waals surface area contributed by atoms with E-state index in [0.29, 0.717) is 27.7 Å². The molecule has 1 fully saturated rings. The maximum atomic E-state index is 13.5. The Balaban J connectivity index is 1.43. The van der Waals surface area contributed by atoms with Crippen molar-refractivity contribution in [2.24, 2.45) is 7.05 Å². The molecule has 4 heterocycles. The van der Waals surface area contributed by atoms with E-state index in [1.54, 1.807) is 31.0 Å². The number of nitrogens with two attached hydrogens (primary N) is 1. The Morgan fingerprint density at radius 1 is 1.07 bits per heavy atom. The third-order valence-electron chi connectivity index (χ3n) is 7.61. The third-order valence-corrected chi connectivity index (χ3v) is 8.58. The first-order chi connectivity index (χ1) is 20.9. The highest BCUT2D eigenvalue weighted by atomic mass is 32.2. The Hall–Kier alpha value is -4.63. The maximum absolute atomic E-state index is 13.5. The standard InChI is InChI=1S/C29H29F3N8O3S/c1-16(17-4-7-20(30)8-5-17)43-24-10-18(6-9-23(24)37-44(41,42)29(31)32)26-25-27(39(3)36-26)22(12-34-28(25)33)19-11-35-40(13-19)21-14-38(2)15-21/h4-13,16,21,29,37H,14-15H2,1-3H3,(H2,33,34)/t16-/m0/s1. The number of nitrogens with zero attached hydrogens (tertiary/aromatic N) is 6. The first-order valence-corrected chi connectivity index (χ1v) is 15.2. The highest BCUT2D eigenvalue weighted by Gasteiger charge is 2.28. The second-order valence-electron chi connectivity index (χ2n) is 10.8. The molecule has 6 rings (SSSR count). The van der Waals surface area contributed by atoms with Crippen molar-refractivity contribution in [3.05, 3.63) is 72.4 Å². The van der Waals surface area contributed by atoms with Crippen molar-refractivity contribution in [2.45, 2.75) is 24.8 Å². The van der Waals surface area contributed by atoms with Crippen LogP contribution < -0.4 is 15.2 Å². The first-order valence-electron chi connectivity index (χ1n) is 13.6. The van der Waals surface area contributed by atoms with E-state index in [1.807, 2.05) is 22.6 Å². The Kier molecular flexibility index (Phi) is 7.45. The van der Waals surface area contributed by atoms with Crippen molar-refractivity contribution < 1.29 is 26.3 Å². The van der Waals surface area contributed by atoms with Gasteiger partial charge in [0.1, 0.15) is 29.2 Å². The van der Waals surface area contributed by atoms with Crippen molar-refractivity contribution in [3.8, 4) is 28.1 Å². The van der Waals surface area contributed by atoms with Gasteiger partial charge in [0.25, 0.3) is 10.0 Å². The normalized spacial score (nSPS) is 15.1. The third kappa shape index (κ3) is 5.43. The lowest BCUT2D eigenvalue weighted by molar-refractivity contribution is 0.130. The molecule has 0 amide bonds. The number of alkyl halides is 2. The van der Waals surface area contributed by atoms with Crippen molar-refractivity contribution >= 4 is 32.4 Å². The zero-order valence-corrected chi connectivity index (χ0v) is 24.8. The molecule has 0 aliphatic carbocycles.